The fourth-order valence-electron chi connectivity index (χ4n) is 5.59. The molecule has 0 N–H and O–H groups in total. The van der Waals surface area contributed by atoms with Crippen molar-refractivity contribution in [3.05, 3.63) is 41.5 Å². The Kier molecular flexibility index (Phi) is 5.39. The molecule has 176 valence electrons. The Morgan fingerprint density at radius 2 is 1.61 bits per heavy atom. The molecule has 0 spiro atoms. The standard InChI is InChI=1S/C24H28F2N4O3/c1-13-18(24-19(25)6-16(32-3)7-20(24)26)10-23(31)30(13)22-9-17(33-4)8-21(27-22)29-12-14-5-15(29)11-28(14)2/h6-9,13-15,18H,5,10-12H2,1-4H3/t13?,14-,15-,18?/m0/s1. The topological polar surface area (TPSA) is 58.1 Å². The minimum atomic E-state index is -0.713. The molecule has 3 fully saturated rings. The number of ether oxygens (including phenoxy) is 2. The number of hydrogen-bond donors (Lipinski definition) is 0. The molecular formula is C24H28F2N4O3. The first-order valence-electron chi connectivity index (χ1n) is 11.2. The lowest BCUT2D eigenvalue weighted by Gasteiger charge is -2.33. The number of carbonyl (C=O) groups is 1. The molecular weight excluding hydrogens is 430 g/mol. The van der Waals surface area contributed by atoms with Crippen molar-refractivity contribution in [2.75, 3.05) is 44.2 Å². The predicted octanol–water partition coefficient (Wildman–Crippen LogP) is 3.18. The van der Waals surface area contributed by atoms with E-state index in [1.807, 2.05) is 6.07 Å². The third kappa shape index (κ3) is 3.58. The van der Waals surface area contributed by atoms with E-state index in [4.69, 9.17) is 14.5 Å². The molecule has 9 heteroatoms. The fraction of sp³-hybridized carbons (Fsp3) is 0.500. The van der Waals surface area contributed by atoms with Crippen LogP contribution in [0.1, 0.15) is 31.2 Å². The maximum atomic E-state index is 14.8. The van der Waals surface area contributed by atoms with Crippen LogP contribution in [-0.2, 0) is 4.79 Å². The third-order valence-corrected chi connectivity index (χ3v) is 7.37. The number of pyridine rings is 1. The lowest BCUT2D eigenvalue weighted by molar-refractivity contribution is -0.117. The summed E-state index contributed by atoms with van der Waals surface area (Å²) in [7, 11) is 5.06. The fourth-order valence-corrected chi connectivity index (χ4v) is 5.59. The van der Waals surface area contributed by atoms with Gasteiger partial charge in [-0.1, -0.05) is 0 Å². The van der Waals surface area contributed by atoms with Crippen LogP contribution in [0.25, 0.3) is 0 Å². The van der Waals surface area contributed by atoms with Gasteiger partial charge in [-0.3, -0.25) is 14.6 Å². The highest BCUT2D eigenvalue weighted by atomic mass is 19.1. The highest BCUT2D eigenvalue weighted by Gasteiger charge is 2.44. The summed E-state index contributed by atoms with van der Waals surface area (Å²) in [5.41, 5.74) is -0.0952. The van der Waals surface area contributed by atoms with Crippen LogP contribution < -0.4 is 19.3 Å². The average molecular weight is 459 g/mol. The van der Waals surface area contributed by atoms with Crippen molar-refractivity contribution in [1.29, 1.82) is 0 Å². The summed E-state index contributed by atoms with van der Waals surface area (Å²) in [5, 5.41) is 0. The number of carbonyl (C=O) groups excluding carboxylic acids is 1. The lowest BCUT2D eigenvalue weighted by Crippen LogP contribution is -2.45. The van der Waals surface area contributed by atoms with Crippen molar-refractivity contribution in [3.63, 3.8) is 0 Å². The van der Waals surface area contributed by atoms with Gasteiger partial charge in [0.1, 0.15) is 34.8 Å². The van der Waals surface area contributed by atoms with Gasteiger partial charge in [-0.05, 0) is 20.4 Å². The molecule has 4 heterocycles. The van der Waals surface area contributed by atoms with E-state index < -0.39 is 23.6 Å². The Morgan fingerprint density at radius 1 is 0.970 bits per heavy atom. The second kappa shape index (κ2) is 8.13. The van der Waals surface area contributed by atoms with E-state index in [0.29, 0.717) is 23.7 Å². The number of methoxy groups -OCH3 is 2. The molecule has 3 saturated heterocycles. The van der Waals surface area contributed by atoms with Gasteiger partial charge in [-0.2, -0.15) is 0 Å². The highest BCUT2D eigenvalue weighted by Crippen LogP contribution is 2.42. The number of benzene rings is 1. The van der Waals surface area contributed by atoms with E-state index >= 15 is 0 Å². The molecule has 3 aliphatic rings. The van der Waals surface area contributed by atoms with Crippen LogP contribution in [0.3, 0.4) is 0 Å². The maximum Gasteiger partial charge on any atom is 0.229 e. The number of amides is 1. The van der Waals surface area contributed by atoms with Gasteiger partial charge in [0.15, 0.2) is 0 Å². The highest BCUT2D eigenvalue weighted by molar-refractivity contribution is 5.97. The first-order valence-corrected chi connectivity index (χ1v) is 11.2. The molecule has 3 aliphatic heterocycles. The maximum absolute atomic E-state index is 14.8. The van der Waals surface area contributed by atoms with Gasteiger partial charge in [0.2, 0.25) is 5.91 Å². The zero-order valence-electron chi connectivity index (χ0n) is 19.2. The van der Waals surface area contributed by atoms with E-state index in [0.717, 1.165) is 37.5 Å². The Balaban J connectivity index is 1.48. The SMILES string of the molecule is COc1cc(N2C(=O)CC(c3c(F)cc(OC)cc3F)C2C)nc(N2C[C@@H]3C[C@H]2CN3C)c1. The summed E-state index contributed by atoms with van der Waals surface area (Å²) in [5.74, 6) is -0.397. The number of anilines is 2. The Hall–Kier alpha value is -2.94. The van der Waals surface area contributed by atoms with Crippen LogP contribution in [-0.4, -0.2) is 68.3 Å². The van der Waals surface area contributed by atoms with E-state index in [-0.39, 0.29) is 23.6 Å². The zero-order valence-corrected chi connectivity index (χ0v) is 19.2. The number of rotatable bonds is 5. The monoisotopic (exact) mass is 458 g/mol. The summed E-state index contributed by atoms with van der Waals surface area (Å²) in [6, 6.07) is 6.28. The Bertz CT molecular complexity index is 1070. The number of aromatic nitrogens is 1. The summed E-state index contributed by atoms with van der Waals surface area (Å²) in [4.78, 5) is 24.1. The van der Waals surface area contributed by atoms with E-state index in [9.17, 15) is 13.6 Å². The predicted molar refractivity (Wildman–Crippen MR) is 120 cm³/mol. The van der Waals surface area contributed by atoms with E-state index in [2.05, 4.69) is 16.8 Å². The van der Waals surface area contributed by atoms with Crippen molar-refractivity contribution in [2.24, 2.45) is 0 Å². The van der Waals surface area contributed by atoms with Crippen molar-refractivity contribution >= 4 is 17.5 Å². The van der Waals surface area contributed by atoms with Gasteiger partial charge in [0.25, 0.3) is 0 Å². The summed E-state index contributed by atoms with van der Waals surface area (Å²) in [6.45, 7) is 3.64. The van der Waals surface area contributed by atoms with Gasteiger partial charge in [-0.25, -0.2) is 13.8 Å². The van der Waals surface area contributed by atoms with Crippen molar-refractivity contribution in [2.45, 2.75) is 43.8 Å². The molecule has 2 bridgehead atoms. The number of hydrogen-bond acceptors (Lipinski definition) is 6. The number of likely N-dealkylation sites (N-methyl/N-ethyl adjacent to an activating group) is 1. The molecule has 0 saturated carbocycles. The van der Waals surface area contributed by atoms with Crippen molar-refractivity contribution < 1.29 is 23.0 Å². The smallest absolute Gasteiger partial charge is 0.229 e. The molecule has 5 rings (SSSR count). The first kappa shape index (κ1) is 21.9. The van der Waals surface area contributed by atoms with Gasteiger partial charge >= 0.3 is 0 Å². The molecule has 1 aromatic heterocycles. The molecule has 0 radical (unpaired) electrons. The Labute approximate surface area is 191 Å². The van der Waals surface area contributed by atoms with E-state index in [1.165, 1.54) is 7.11 Å². The number of likely N-dealkylation sites (tertiary alicyclic amines) is 1. The van der Waals surface area contributed by atoms with Gasteiger partial charge in [-0.15, -0.1) is 0 Å². The molecule has 33 heavy (non-hydrogen) atoms. The molecule has 2 unspecified atom stereocenters. The summed E-state index contributed by atoms with van der Waals surface area (Å²) >= 11 is 0. The minimum absolute atomic E-state index is 0.00519. The third-order valence-electron chi connectivity index (χ3n) is 7.37. The molecule has 1 amide bonds. The zero-order chi connectivity index (χ0) is 23.4. The number of piperazine rings is 1. The summed E-state index contributed by atoms with van der Waals surface area (Å²) < 4.78 is 40.0. The second-order valence-corrected chi connectivity index (χ2v) is 9.18. The van der Waals surface area contributed by atoms with Gasteiger partial charge < -0.3 is 14.4 Å². The largest absolute Gasteiger partial charge is 0.497 e. The van der Waals surface area contributed by atoms with Crippen molar-refractivity contribution in [1.82, 2.24) is 9.88 Å². The number of fused-ring (bicyclic) bond motifs is 2. The molecule has 0 aliphatic carbocycles. The van der Waals surface area contributed by atoms with Crippen LogP contribution in [0.5, 0.6) is 11.5 Å². The van der Waals surface area contributed by atoms with Crippen LogP contribution in [0.2, 0.25) is 0 Å². The van der Waals surface area contributed by atoms with Crippen LogP contribution >= 0.6 is 0 Å². The molecule has 1 aromatic carbocycles. The quantitative estimate of drug-likeness (QED) is 0.686. The van der Waals surface area contributed by atoms with Crippen molar-refractivity contribution in [3.8, 4) is 11.5 Å². The van der Waals surface area contributed by atoms with Crippen LogP contribution in [0, 0.1) is 11.6 Å². The van der Waals surface area contributed by atoms with Crippen LogP contribution in [0.15, 0.2) is 24.3 Å². The molecule has 7 nitrogen and oxygen atoms in total. The lowest BCUT2D eigenvalue weighted by atomic mass is 9.91. The minimum Gasteiger partial charge on any atom is -0.497 e. The second-order valence-electron chi connectivity index (χ2n) is 9.18. The Morgan fingerprint density at radius 3 is 2.18 bits per heavy atom. The van der Waals surface area contributed by atoms with Gasteiger partial charge in [0.05, 0.1) is 14.2 Å². The molecule has 4 atom stereocenters. The van der Waals surface area contributed by atoms with Crippen LogP contribution in [0.4, 0.5) is 20.4 Å². The average Bonchev–Trinajstić information content (AvgIpc) is 3.45. The van der Waals surface area contributed by atoms with E-state index in [1.54, 1.807) is 25.0 Å². The summed E-state index contributed by atoms with van der Waals surface area (Å²) in [6.07, 6.45) is 1.08. The molecule has 2 aromatic rings. The normalized spacial score (nSPS) is 27.0. The number of nitrogens with zero attached hydrogens (tertiary/aromatic N) is 4. The number of halogens is 2. The van der Waals surface area contributed by atoms with Gasteiger partial charge in [0, 0.05) is 73.4 Å². The first-order chi connectivity index (χ1) is 15.8.